The highest BCUT2D eigenvalue weighted by Crippen LogP contribution is 2.22. The van der Waals surface area contributed by atoms with Gasteiger partial charge in [0.15, 0.2) is 0 Å². The standard InChI is InChI=1S/C15H21N3O4S/c1-15(2,16)10-17-23(21,22)9-5-8-18-13(19)11-6-3-4-7-12(11)14(18)20/h3-4,6-7,17H,5,8-10,16H2,1-2H3. The summed E-state index contributed by atoms with van der Waals surface area (Å²) in [5.74, 6) is -0.922. The Morgan fingerprint density at radius 2 is 1.65 bits per heavy atom. The van der Waals surface area contributed by atoms with Crippen LogP contribution in [0.3, 0.4) is 0 Å². The molecule has 1 aromatic carbocycles. The van der Waals surface area contributed by atoms with Crippen LogP contribution in [0, 0.1) is 0 Å². The molecule has 126 valence electrons. The van der Waals surface area contributed by atoms with E-state index < -0.39 is 15.6 Å². The molecule has 0 saturated heterocycles. The van der Waals surface area contributed by atoms with Crippen LogP contribution in [0.1, 0.15) is 41.0 Å². The summed E-state index contributed by atoms with van der Waals surface area (Å²) in [6.07, 6.45) is 0.172. The lowest BCUT2D eigenvalue weighted by Gasteiger charge is -2.19. The fourth-order valence-corrected chi connectivity index (χ4v) is 3.47. The van der Waals surface area contributed by atoms with Crippen LogP contribution < -0.4 is 10.5 Å². The van der Waals surface area contributed by atoms with Crippen molar-refractivity contribution in [3.63, 3.8) is 0 Å². The average Bonchev–Trinajstić information content (AvgIpc) is 2.70. The molecular formula is C15H21N3O4S. The molecule has 1 aliphatic rings. The Morgan fingerprint density at radius 1 is 1.13 bits per heavy atom. The second-order valence-corrected chi connectivity index (χ2v) is 8.22. The summed E-state index contributed by atoms with van der Waals surface area (Å²) in [5, 5.41) is 0. The van der Waals surface area contributed by atoms with Crippen LogP contribution in [0.15, 0.2) is 24.3 Å². The third kappa shape index (κ3) is 4.37. The lowest BCUT2D eigenvalue weighted by atomic mass is 10.1. The van der Waals surface area contributed by atoms with Crippen molar-refractivity contribution >= 4 is 21.8 Å². The lowest BCUT2D eigenvalue weighted by molar-refractivity contribution is 0.0654. The number of imide groups is 1. The van der Waals surface area contributed by atoms with Crippen molar-refractivity contribution in [3.05, 3.63) is 35.4 Å². The molecule has 23 heavy (non-hydrogen) atoms. The number of nitrogens with zero attached hydrogens (tertiary/aromatic N) is 1. The van der Waals surface area contributed by atoms with Crippen LogP contribution in [-0.2, 0) is 10.0 Å². The summed E-state index contributed by atoms with van der Waals surface area (Å²) >= 11 is 0. The van der Waals surface area contributed by atoms with Gasteiger partial charge in [0.25, 0.3) is 11.8 Å². The molecule has 0 fully saturated rings. The topological polar surface area (TPSA) is 110 Å². The van der Waals surface area contributed by atoms with Gasteiger partial charge in [0.05, 0.1) is 16.9 Å². The van der Waals surface area contributed by atoms with Gasteiger partial charge < -0.3 is 5.73 Å². The van der Waals surface area contributed by atoms with Gasteiger partial charge in [0.2, 0.25) is 10.0 Å². The summed E-state index contributed by atoms with van der Waals surface area (Å²) in [4.78, 5) is 25.4. The second kappa shape index (κ2) is 6.38. The zero-order valence-corrected chi connectivity index (χ0v) is 14.0. The van der Waals surface area contributed by atoms with Crippen molar-refractivity contribution in [2.24, 2.45) is 5.73 Å². The Morgan fingerprint density at radius 3 is 2.13 bits per heavy atom. The van der Waals surface area contributed by atoms with Gasteiger partial charge in [-0.25, -0.2) is 13.1 Å². The van der Waals surface area contributed by atoms with Crippen molar-refractivity contribution < 1.29 is 18.0 Å². The third-order valence-corrected chi connectivity index (χ3v) is 4.83. The predicted molar refractivity (Wildman–Crippen MR) is 86.5 cm³/mol. The summed E-state index contributed by atoms with van der Waals surface area (Å²) in [7, 11) is -3.49. The molecule has 0 aliphatic carbocycles. The number of sulfonamides is 1. The summed E-state index contributed by atoms with van der Waals surface area (Å²) in [6, 6.07) is 6.57. The van der Waals surface area contributed by atoms with E-state index in [0.29, 0.717) is 11.1 Å². The molecule has 0 unspecified atom stereocenters. The summed E-state index contributed by atoms with van der Waals surface area (Å²) in [6.45, 7) is 3.63. The lowest BCUT2D eigenvalue weighted by Crippen LogP contribution is -2.45. The zero-order chi connectivity index (χ0) is 17.3. The van der Waals surface area contributed by atoms with Crippen molar-refractivity contribution in [2.75, 3.05) is 18.8 Å². The zero-order valence-electron chi connectivity index (χ0n) is 13.2. The first-order valence-electron chi connectivity index (χ1n) is 7.32. The molecule has 0 saturated carbocycles. The fourth-order valence-electron chi connectivity index (χ4n) is 2.22. The largest absolute Gasteiger partial charge is 0.324 e. The van der Waals surface area contributed by atoms with E-state index in [0.717, 1.165) is 4.90 Å². The van der Waals surface area contributed by atoms with Crippen LogP contribution in [0.25, 0.3) is 0 Å². The number of rotatable bonds is 7. The van der Waals surface area contributed by atoms with Crippen molar-refractivity contribution in [1.29, 1.82) is 0 Å². The fraction of sp³-hybridized carbons (Fsp3) is 0.467. The maximum absolute atomic E-state index is 12.1. The molecule has 7 nitrogen and oxygen atoms in total. The Balaban J connectivity index is 1.91. The van der Waals surface area contributed by atoms with E-state index >= 15 is 0 Å². The first kappa shape index (κ1) is 17.6. The summed E-state index contributed by atoms with van der Waals surface area (Å²) in [5.41, 5.74) is 5.82. The average molecular weight is 339 g/mol. The van der Waals surface area contributed by atoms with Crippen LogP contribution in [-0.4, -0.2) is 49.5 Å². The molecule has 8 heteroatoms. The monoisotopic (exact) mass is 339 g/mol. The number of fused-ring (bicyclic) bond motifs is 1. The highest BCUT2D eigenvalue weighted by molar-refractivity contribution is 7.89. The molecular weight excluding hydrogens is 318 g/mol. The third-order valence-electron chi connectivity index (χ3n) is 3.42. The number of carbonyl (C=O) groups is 2. The second-order valence-electron chi connectivity index (χ2n) is 6.29. The van der Waals surface area contributed by atoms with Gasteiger partial charge >= 0.3 is 0 Å². The van der Waals surface area contributed by atoms with Gasteiger partial charge in [0.1, 0.15) is 0 Å². The number of hydrogen-bond donors (Lipinski definition) is 2. The number of hydrogen-bond acceptors (Lipinski definition) is 5. The molecule has 1 heterocycles. The van der Waals surface area contributed by atoms with Crippen LogP contribution in [0.5, 0.6) is 0 Å². The SMILES string of the molecule is CC(C)(N)CNS(=O)(=O)CCCN1C(=O)c2ccccc2C1=O. The first-order valence-corrected chi connectivity index (χ1v) is 8.97. The molecule has 0 spiro atoms. The quantitative estimate of drug-likeness (QED) is 0.696. The molecule has 2 amide bonds. The van der Waals surface area contributed by atoms with E-state index in [1.807, 2.05) is 0 Å². The Hall–Kier alpha value is -1.77. The van der Waals surface area contributed by atoms with Gasteiger partial charge in [-0.2, -0.15) is 0 Å². The molecule has 0 radical (unpaired) electrons. The number of nitrogens with two attached hydrogens (primary N) is 1. The minimum atomic E-state index is -3.49. The number of benzene rings is 1. The predicted octanol–water partition coefficient (Wildman–Crippen LogP) is 0.329. The van der Waals surface area contributed by atoms with Crippen LogP contribution in [0.2, 0.25) is 0 Å². The van der Waals surface area contributed by atoms with Gasteiger partial charge in [-0.05, 0) is 32.4 Å². The number of amides is 2. The normalized spacial score (nSPS) is 15.2. The van der Waals surface area contributed by atoms with Crippen LogP contribution in [0.4, 0.5) is 0 Å². The molecule has 1 aliphatic heterocycles. The Labute approximate surface area is 135 Å². The van der Waals surface area contributed by atoms with Crippen molar-refractivity contribution in [2.45, 2.75) is 25.8 Å². The van der Waals surface area contributed by atoms with Gasteiger partial charge in [-0.1, -0.05) is 12.1 Å². The van der Waals surface area contributed by atoms with Gasteiger partial charge in [0, 0.05) is 18.6 Å². The minimum absolute atomic E-state index is 0.0687. The maximum Gasteiger partial charge on any atom is 0.261 e. The minimum Gasteiger partial charge on any atom is -0.324 e. The van der Waals surface area contributed by atoms with Crippen LogP contribution >= 0.6 is 0 Å². The van der Waals surface area contributed by atoms with E-state index in [1.54, 1.807) is 38.1 Å². The smallest absolute Gasteiger partial charge is 0.261 e. The highest BCUT2D eigenvalue weighted by Gasteiger charge is 2.34. The Bertz CT molecular complexity index is 687. The summed E-state index contributed by atoms with van der Waals surface area (Å²) < 4.78 is 26.2. The molecule has 0 bridgehead atoms. The molecule has 3 N–H and O–H groups in total. The number of carbonyl (C=O) groups excluding carboxylic acids is 2. The van der Waals surface area contributed by atoms with E-state index in [1.165, 1.54) is 0 Å². The Kier molecular flexibility index (Phi) is 4.88. The van der Waals surface area contributed by atoms with Crippen molar-refractivity contribution in [1.82, 2.24) is 9.62 Å². The van der Waals surface area contributed by atoms with Gasteiger partial charge in [-0.15, -0.1) is 0 Å². The number of nitrogens with one attached hydrogen (secondary N) is 1. The van der Waals surface area contributed by atoms with E-state index in [2.05, 4.69) is 4.72 Å². The molecule has 0 atom stereocenters. The highest BCUT2D eigenvalue weighted by atomic mass is 32.2. The van der Waals surface area contributed by atoms with E-state index in [9.17, 15) is 18.0 Å². The maximum atomic E-state index is 12.1. The molecule has 0 aromatic heterocycles. The molecule has 2 rings (SSSR count). The van der Waals surface area contributed by atoms with E-state index in [-0.39, 0.29) is 37.1 Å². The molecule has 1 aromatic rings. The first-order chi connectivity index (χ1) is 10.6. The van der Waals surface area contributed by atoms with Gasteiger partial charge in [-0.3, -0.25) is 14.5 Å². The van der Waals surface area contributed by atoms with Crippen molar-refractivity contribution in [3.8, 4) is 0 Å². The van der Waals surface area contributed by atoms with E-state index in [4.69, 9.17) is 5.73 Å².